The second kappa shape index (κ2) is 6.26. The molecule has 25 heavy (non-hydrogen) atoms. The molecule has 1 aromatic heterocycles. The summed E-state index contributed by atoms with van der Waals surface area (Å²) in [5, 5.41) is 1.42. The third-order valence-corrected chi connectivity index (χ3v) is 5.54. The maximum atomic E-state index is 5.54. The van der Waals surface area contributed by atoms with Gasteiger partial charge in [0.1, 0.15) is 0 Å². The minimum Gasteiger partial charge on any atom is -0.313 e. The van der Waals surface area contributed by atoms with E-state index in [2.05, 4.69) is 57.9 Å². The summed E-state index contributed by atoms with van der Waals surface area (Å²) >= 11 is 0. The van der Waals surface area contributed by atoms with Crippen LogP contribution in [0, 0.1) is 12.3 Å². The van der Waals surface area contributed by atoms with Gasteiger partial charge in [-0.3, -0.25) is 4.90 Å². The van der Waals surface area contributed by atoms with Gasteiger partial charge >= 0.3 is 0 Å². The number of para-hydroxylation sites is 2. The molecule has 2 aliphatic heterocycles. The number of rotatable bonds is 1. The van der Waals surface area contributed by atoms with Gasteiger partial charge in [-0.15, -0.1) is 18.8 Å². The van der Waals surface area contributed by atoms with Crippen molar-refractivity contribution in [3.63, 3.8) is 0 Å². The fourth-order valence-corrected chi connectivity index (χ4v) is 4.47. The quantitative estimate of drug-likeness (QED) is 0.600. The molecule has 3 aromatic rings. The first-order valence-corrected chi connectivity index (χ1v) is 8.75. The zero-order valence-electron chi connectivity index (χ0n) is 14.2. The number of nitrogens with zero attached hydrogens (tertiary/aromatic N) is 2. The minimum atomic E-state index is 0. The Morgan fingerprint density at radius 2 is 1.76 bits per heavy atom. The summed E-state index contributed by atoms with van der Waals surface area (Å²) in [7, 11) is 0. The lowest BCUT2D eigenvalue weighted by atomic mass is 9.99. The molecule has 126 valence electrons. The van der Waals surface area contributed by atoms with Gasteiger partial charge in [-0.25, -0.2) is 0 Å². The van der Waals surface area contributed by atoms with Crippen molar-refractivity contribution in [2.45, 2.75) is 25.8 Å². The number of halogens is 1. The van der Waals surface area contributed by atoms with Gasteiger partial charge in [0.05, 0.1) is 12.1 Å². The van der Waals surface area contributed by atoms with E-state index < -0.39 is 0 Å². The monoisotopic (exact) mass is 348 g/mol. The molecular formula is C22H21ClN2. The van der Waals surface area contributed by atoms with E-state index in [9.17, 15) is 0 Å². The molecule has 0 bridgehead atoms. The van der Waals surface area contributed by atoms with E-state index in [4.69, 9.17) is 6.42 Å². The molecule has 2 nitrogen and oxygen atoms in total. The first-order valence-electron chi connectivity index (χ1n) is 8.75. The largest absolute Gasteiger partial charge is 0.313 e. The SMILES string of the molecule is C#CCN1CCc2c(c3cccc4c3n2-c2ccccc2CC4)C1.Cl. The molecule has 2 aromatic carbocycles. The second-order valence-corrected chi connectivity index (χ2v) is 6.87. The highest BCUT2D eigenvalue weighted by atomic mass is 35.5. The van der Waals surface area contributed by atoms with Crippen molar-refractivity contribution in [3.8, 4) is 18.0 Å². The second-order valence-electron chi connectivity index (χ2n) is 6.87. The Labute approximate surface area is 154 Å². The Balaban J connectivity index is 0.00000157. The predicted octanol–water partition coefficient (Wildman–Crippen LogP) is 4.14. The lowest BCUT2D eigenvalue weighted by molar-refractivity contribution is 0.285. The summed E-state index contributed by atoms with van der Waals surface area (Å²) in [5.41, 5.74) is 8.69. The average Bonchev–Trinajstić information content (AvgIpc) is 2.84. The van der Waals surface area contributed by atoms with Gasteiger partial charge in [0, 0.05) is 36.3 Å². The zero-order chi connectivity index (χ0) is 16.1. The summed E-state index contributed by atoms with van der Waals surface area (Å²) in [6, 6.07) is 15.7. The van der Waals surface area contributed by atoms with Crippen molar-refractivity contribution in [1.82, 2.24) is 9.47 Å². The normalized spacial score (nSPS) is 15.6. The smallest absolute Gasteiger partial charge is 0.0601 e. The number of hydrogen-bond acceptors (Lipinski definition) is 1. The predicted molar refractivity (Wildman–Crippen MR) is 106 cm³/mol. The van der Waals surface area contributed by atoms with Crippen LogP contribution in [0.25, 0.3) is 16.6 Å². The Bertz CT molecular complexity index is 993. The van der Waals surface area contributed by atoms with Gasteiger partial charge in [-0.1, -0.05) is 42.3 Å². The van der Waals surface area contributed by atoms with E-state index in [1.807, 2.05) is 0 Å². The third kappa shape index (κ3) is 2.39. The van der Waals surface area contributed by atoms with Crippen LogP contribution in [0.1, 0.15) is 22.4 Å². The van der Waals surface area contributed by atoms with E-state index in [1.165, 1.54) is 39.0 Å². The number of benzene rings is 2. The van der Waals surface area contributed by atoms with Crippen LogP contribution >= 0.6 is 12.4 Å². The molecule has 0 fully saturated rings. The highest BCUT2D eigenvalue weighted by molar-refractivity contribution is 5.91. The van der Waals surface area contributed by atoms with Crippen molar-refractivity contribution in [2.24, 2.45) is 0 Å². The molecule has 3 heteroatoms. The minimum absolute atomic E-state index is 0. The van der Waals surface area contributed by atoms with E-state index in [-0.39, 0.29) is 12.4 Å². The van der Waals surface area contributed by atoms with E-state index in [0.717, 1.165) is 38.9 Å². The molecule has 0 saturated heterocycles. The molecule has 0 atom stereocenters. The van der Waals surface area contributed by atoms with Gasteiger partial charge in [0.2, 0.25) is 0 Å². The molecule has 3 heterocycles. The van der Waals surface area contributed by atoms with Crippen molar-refractivity contribution in [3.05, 3.63) is 64.8 Å². The van der Waals surface area contributed by atoms with Crippen LogP contribution in [0.3, 0.4) is 0 Å². The molecule has 2 aliphatic rings. The molecular weight excluding hydrogens is 328 g/mol. The first-order chi connectivity index (χ1) is 11.9. The number of terminal acetylenes is 1. The van der Waals surface area contributed by atoms with E-state index in [0.29, 0.717) is 0 Å². The van der Waals surface area contributed by atoms with Crippen LogP contribution in [-0.4, -0.2) is 22.6 Å². The highest BCUT2D eigenvalue weighted by Crippen LogP contribution is 2.38. The molecule has 5 rings (SSSR count). The maximum Gasteiger partial charge on any atom is 0.0601 e. The van der Waals surface area contributed by atoms with Gasteiger partial charge in [-0.05, 0) is 35.6 Å². The van der Waals surface area contributed by atoms with Gasteiger partial charge in [0.25, 0.3) is 0 Å². The van der Waals surface area contributed by atoms with Crippen molar-refractivity contribution < 1.29 is 0 Å². The summed E-state index contributed by atoms with van der Waals surface area (Å²) in [5.74, 6) is 2.81. The zero-order valence-corrected chi connectivity index (χ0v) is 15.0. The van der Waals surface area contributed by atoms with Crippen LogP contribution < -0.4 is 0 Å². The standard InChI is InChI=1S/C22H20N2.ClH/c1-2-13-23-14-12-21-19(15-23)18-8-5-7-17-11-10-16-6-3-4-9-20(16)24(21)22(17)18;/h1,3-9H,10-15H2;1H. The fraction of sp³-hybridized carbons (Fsp3) is 0.273. The van der Waals surface area contributed by atoms with Crippen LogP contribution in [0.5, 0.6) is 0 Å². The first kappa shape index (κ1) is 16.3. The Kier molecular flexibility index (Phi) is 4.07. The molecule has 0 aliphatic carbocycles. The number of aryl methyl sites for hydroxylation is 2. The number of hydrogen-bond donors (Lipinski definition) is 0. The van der Waals surface area contributed by atoms with Crippen LogP contribution in [0.2, 0.25) is 0 Å². The van der Waals surface area contributed by atoms with Gasteiger partial charge in [0.15, 0.2) is 0 Å². The van der Waals surface area contributed by atoms with Crippen LogP contribution in [0.4, 0.5) is 0 Å². The van der Waals surface area contributed by atoms with Crippen molar-refractivity contribution in [2.75, 3.05) is 13.1 Å². The van der Waals surface area contributed by atoms with Gasteiger partial charge < -0.3 is 4.57 Å². The Morgan fingerprint density at radius 3 is 2.64 bits per heavy atom. The van der Waals surface area contributed by atoms with E-state index in [1.54, 1.807) is 0 Å². The van der Waals surface area contributed by atoms with E-state index >= 15 is 0 Å². The summed E-state index contributed by atoms with van der Waals surface area (Å²) in [6.07, 6.45) is 8.85. The average molecular weight is 349 g/mol. The third-order valence-electron chi connectivity index (χ3n) is 5.54. The summed E-state index contributed by atoms with van der Waals surface area (Å²) < 4.78 is 2.55. The van der Waals surface area contributed by atoms with Crippen molar-refractivity contribution in [1.29, 1.82) is 0 Å². The summed E-state index contributed by atoms with van der Waals surface area (Å²) in [4.78, 5) is 2.39. The molecule has 0 unspecified atom stereocenters. The molecule has 0 spiro atoms. The topological polar surface area (TPSA) is 8.17 Å². The maximum absolute atomic E-state index is 5.54. The number of fused-ring (bicyclic) bond motifs is 5. The molecule has 0 N–H and O–H groups in total. The van der Waals surface area contributed by atoms with Gasteiger partial charge in [-0.2, -0.15) is 0 Å². The van der Waals surface area contributed by atoms with Crippen molar-refractivity contribution >= 4 is 23.3 Å². The van der Waals surface area contributed by atoms with Crippen LogP contribution in [0.15, 0.2) is 42.5 Å². The Hall–Kier alpha value is -2.21. The summed E-state index contributed by atoms with van der Waals surface area (Å²) in [6.45, 7) is 2.75. The highest BCUT2D eigenvalue weighted by Gasteiger charge is 2.27. The molecule has 0 amide bonds. The Morgan fingerprint density at radius 1 is 0.960 bits per heavy atom. The number of aromatic nitrogens is 1. The molecule has 0 saturated carbocycles. The fourth-order valence-electron chi connectivity index (χ4n) is 4.47. The lowest BCUT2D eigenvalue weighted by Crippen LogP contribution is -2.31. The van der Waals surface area contributed by atoms with Crippen LogP contribution in [-0.2, 0) is 25.8 Å². The molecule has 0 radical (unpaired) electrons. The lowest BCUT2D eigenvalue weighted by Gasteiger charge is -2.26.